The molecule has 0 spiro atoms. The monoisotopic (exact) mass is 438 g/mol. The highest BCUT2D eigenvalue weighted by Crippen LogP contribution is 2.26. The van der Waals surface area contributed by atoms with E-state index in [1.807, 2.05) is 43.5 Å². The molecule has 0 unspecified atom stereocenters. The van der Waals surface area contributed by atoms with Gasteiger partial charge in [-0.2, -0.15) is 9.40 Å². The van der Waals surface area contributed by atoms with E-state index in [-0.39, 0.29) is 0 Å². The fraction of sp³-hybridized carbons (Fsp3) is 0.304. The van der Waals surface area contributed by atoms with Crippen LogP contribution in [0.4, 0.5) is 5.69 Å². The van der Waals surface area contributed by atoms with Crippen LogP contribution in [0.5, 0.6) is 0 Å². The second kappa shape index (κ2) is 9.03. The number of anilines is 1. The summed E-state index contributed by atoms with van der Waals surface area (Å²) in [6, 6.07) is 13.2. The maximum absolute atomic E-state index is 12.9. The maximum Gasteiger partial charge on any atom is 0.243 e. The van der Waals surface area contributed by atoms with Gasteiger partial charge < -0.3 is 5.32 Å². The molecule has 1 fully saturated rings. The Hall–Kier alpha value is -2.97. The lowest BCUT2D eigenvalue weighted by molar-refractivity contribution is -0.104. The van der Waals surface area contributed by atoms with Crippen molar-refractivity contribution in [1.29, 1.82) is 0 Å². The molecule has 1 aliphatic heterocycles. The van der Waals surface area contributed by atoms with Crippen molar-refractivity contribution in [3.8, 4) is 11.1 Å². The van der Waals surface area contributed by atoms with E-state index in [1.54, 1.807) is 28.8 Å². The third-order valence-electron chi connectivity index (χ3n) is 5.88. The molecule has 162 valence electrons. The summed E-state index contributed by atoms with van der Waals surface area (Å²) in [5.74, 6) is 0.406. The lowest BCUT2D eigenvalue weighted by atomic mass is 9.97. The van der Waals surface area contributed by atoms with Crippen molar-refractivity contribution >= 4 is 21.9 Å². The third kappa shape index (κ3) is 4.70. The van der Waals surface area contributed by atoms with E-state index < -0.39 is 10.0 Å². The maximum atomic E-state index is 12.9. The van der Waals surface area contributed by atoms with Crippen molar-refractivity contribution in [2.45, 2.75) is 24.7 Å². The quantitative estimate of drug-likeness (QED) is 0.491. The zero-order valence-corrected chi connectivity index (χ0v) is 18.4. The summed E-state index contributed by atoms with van der Waals surface area (Å²) in [4.78, 5) is 0.371. The van der Waals surface area contributed by atoms with E-state index >= 15 is 0 Å². The van der Waals surface area contributed by atoms with Gasteiger partial charge in [-0.05, 0) is 55.5 Å². The summed E-state index contributed by atoms with van der Waals surface area (Å²) in [6.07, 6.45) is 6.88. The first-order valence-corrected chi connectivity index (χ1v) is 11.9. The zero-order valence-electron chi connectivity index (χ0n) is 17.6. The molecule has 0 aliphatic carbocycles. The number of hydrogen-bond acceptors (Lipinski definition) is 4. The number of benzene rings is 2. The molecule has 1 aliphatic rings. The lowest BCUT2D eigenvalue weighted by Crippen LogP contribution is -2.39. The van der Waals surface area contributed by atoms with E-state index in [4.69, 9.17) is 5.41 Å². The smallest absolute Gasteiger partial charge is 0.243 e. The number of hydrogen-bond donors (Lipinski definition) is 3. The highest BCUT2D eigenvalue weighted by Gasteiger charge is 2.29. The fourth-order valence-electron chi connectivity index (χ4n) is 3.92. The Balaban J connectivity index is 1.35. The summed E-state index contributed by atoms with van der Waals surface area (Å²) in [5.41, 5.74) is 5.01. The van der Waals surface area contributed by atoms with Crippen molar-refractivity contribution in [2.24, 2.45) is 5.92 Å². The standard InChI is InChI=1S/C23H27N5O2S/c1-17-2-5-22(6-3-17)31(29,30)28-10-8-18(9-11-28)14-25-23-7-4-19(12-20(23)13-24)21-15-26-27-16-21/h2-7,12-13,15-16,18,24-25H,8-11,14H2,1H3,(H,26,27)/p+1. The number of rotatable bonds is 7. The van der Waals surface area contributed by atoms with Crippen molar-refractivity contribution in [1.82, 2.24) is 14.5 Å². The van der Waals surface area contributed by atoms with Gasteiger partial charge in [-0.3, -0.25) is 10.5 Å². The van der Waals surface area contributed by atoms with Crippen LogP contribution >= 0.6 is 0 Å². The van der Waals surface area contributed by atoms with Crippen LogP contribution in [0.15, 0.2) is 59.8 Å². The summed E-state index contributed by atoms with van der Waals surface area (Å²) >= 11 is 0. The predicted molar refractivity (Wildman–Crippen MR) is 122 cm³/mol. The Morgan fingerprint density at radius 2 is 1.90 bits per heavy atom. The van der Waals surface area contributed by atoms with Crippen LogP contribution < -0.4 is 10.7 Å². The molecule has 3 aromatic rings. The number of nitrogens with zero attached hydrogens (tertiary/aromatic N) is 2. The number of H-pyrrole nitrogens is 1. The van der Waals surface area contributed by atoms with Gasteiger partial charge in [0.2, 0.25) is 10.0 Å². The van der Waals surface area contributed by atoms with E-state index in [0.717, 1.165) is 47.3 Å². The predicted octanol–water partition coefficient (Wildman–Crippen LogP) is 2.08. The highest BCUT2D eigenvalue weighted by atomic mass is 32.2. The van der Waals surface area contributed by atoms with Gasteiger partial charge in [-0.25, -0.2) is 8.42 Å². The molecule has 2 heterocycles. The van der Waals surface area contributed by atoms with Crippen molar-refractivity contribution < 1.29 is 13.8 Å². The Labute approximate surface area is 183 Å². The molecule has 31 heavy (non-hydrogen) atoms. The Kier molecular flexibility index (Phi) is 6.20. The number of piperidine rings is 1. The molecule has 2 aromatic carbocycles. The summed E-state index contributed by atoms with van der Waals surface area (Å²) in [7, 11) is -3.42. The van der Waals surface area contributed by atoms with Gasteiger partial charge in [-0.15, -0.1) is 0 Å². The minimum absolute atomic E-state index is 0.371. The molecular weight excluding hydrogens is 410 g/mol. The Morgan fingerprint density at radius 1 is 1.16 bits per heavy atom. The van der Waals surface area contributed by atoms with Crippen molar-refractivity contribution in [2.75, 3.05) is 25.0 Å². The molecule has 0 atom stereocenters. The fourth-order valence-corrected chi connectivity index (χ4v) is 5.39. The summed E-state index contributed by atoms with van der Waals surface area (Å²) in [5, 5.41) is 16.2. The van der Waals surface area contributed by atoms with Crippen LogP contribution in [0.25, 0.3) is 11.1 Å². The molecule has 7 nitrogen and oxygen atoms in total. The van der Waals surface area contributed by atoms with Crippen LogP contribution in [0, 0.1) is 12.8 Å². The molecule has 4 N–H and O–H groups in total. The average Bonchev–Trinajstić information content (AvgIpc) is 3.33. The molecule has 0 bridgehead atoms. The van der Waals surface area contributed by atoms with Gasteiger partial charge in [0.05, 0.1) is 16.7 Å². The number of nitrogens with two attached hydrogens (primary N) is 1. The number of nitrogens with one attached hydrogen (secondary N) is 2. The van der Waals surface area contributed by atoms with Gasteiger partial charge in [0.1, 0.15) is 0 Å². The second-order valence-electron chi connectivity index (χ2n) is 8.00. The largest absolute Gasteiger partial charge is 0.384 e. The zero-order chi connectivity index (χ0) is 21.8. The van der Waals surface area contributed by atoms with Crippen LogP contribution in [0.1, 0.15) is 24.0 Å². The number of aromatic nitrogens is 2. The van der Waals surface area contributed by atoms with Crippen LogP contribution in [-0.4, -0.2) is 48.8 Å². The first-order valence-electron chi connectivity index (χ1n) is 10.5. The lowest BCUT2D eigenvalue weighted by Gasteiger charge is -2.31. The molecule has 4 rings (SSSR count). The molecule has 0 amide bonds. The normalized spacial score (nSPS) is 15.6. The van der Waals surface area contributed by atoms with Gasteiger partial charge in [0.15, 0.2) is 6.21 Å². The van der Waals surface area contributed by atoms with Gasteiger partial charge in [-0.1, -0.05) is 23.8 Å². The van der Waals surface area contributed by atoms with Gasteiger partial charge >= 0.3 is 0 Å². The topological polar surface area (TPSA) is 104 Å². The van der Waals surface area contributed by atoms with E-state index in [9.17, 15) is 8.42 Å². The Bertz CT molecular complexity index is 1130. The van der Waals surface area contributed by atoms with Crippen LogP contribution in [-0.2, 0) is 10.0 Å². The number of aryl methyl sites for hydroxylation is 1. The number of sulfonamides is 1. The van der Waals surface area contributed by atoms with E-state index in [1.165, 1.54) is 0 Å². The molecule has 8 heteroatoms. The van der Waals surface area contributed by atoms with E-state index in [0.29, 0.717) is 23.9 Å². The van der Waals surface area contributed by atoms with Gasteiger partial charge in [0.25, 0.3) is 0 Å². The molecule has 0 saturated carbocycles. The minimum Gasteiger partial charge on any atom is -0.384 e. The second-order valence-corrected chi connectivity index (χ2v) is 9.94. The molecule has 0 radical (unpaired) electrons. The Morgan fingerprint density at radius 3 is 2.55 bits per heavy atom. The minimum atomic E-state index is -3.42. The third-order valence-corrected chi connectivity index (χ3v) is 7.79. The van der Waals surface area contributed by atoms with Crippen LogP contribution in [0.2, 0.25) is 0 Å². The SMILES string of the molecule is Cc1ccc(S(=O)(=O)N2CCC(CNc3ccc(-c4cn[nH]c4)cc3C=[NH2+])CC2)cc1. The van der Waals surface area contributed by atoms with Crippen molar-refractivity contribution in [3.05, 3.63) is 66.0 Å². The highest BCUT2D eigenvalue weighted by molar-refractivity contribution is 7.89. The van der Waals surface area contributed by atoms with Crippen molar-refractivity contribution in [3.63, 3.8) is 0 Å². The summed E-state index contributed by atoms with van der Waals surface area (Å²) < 4.78 is 27.4. The van der Waals surface area contributed by atoms with Crippen LogP contribution in [0.3, 0.4) is 0 Å². The first-order chi connectivity index (χ1) is 15.0. The first kappa shape index (κ1) is 21.3. The summed E-state index contributed by atoms with van der Waals surface area (Å²) in [6.45, 7) is 3.81. The average molecular weight is 439 g/mol. The molecule has 1 aromatic heterocycles. The number of aromatic amines is 1. The van der Waals surface area contributed by atoms with E-state index in [2.05, 4.69) is 15.5 Å². The molecule has 1 saturated heterocycles. The molecular formula is C23H28N5O2S+. The van der Waals surface area contributed by atoms with Gasteiger partial charge in [0, 0.05) is 37.1 Å².